The van der Waals surface area contributed by atoms with Crippen molar-refractivity contribution in [2.24, 2.45) is 4.99 Å². The summed E-state index contributed by atoms with van der Waals surface area (Å²) in [5.74, 6) is -0.630. The van der Waals surface area contributed by atoms with Gasteiger partial charge in [0.2, 0.25) is 5.88 Å². The standard InChI is InChI=1S/C22H13N5O5S/c23-12-33-19-9-8-14(10-18(19)27(31)32)24-11-16-20(28)25-22(30)26(21(16)29)17-7-3-5-13-4-1-2-6-15(13)17/h1-11,29H,(H,25,28,30). The van der Waals surface area contributed by atoms with Crippen LogP contribution in [0.2, 0.25) is 0 Å². The fraction of sp³-hybridized carbons (Fsp3) is 0. The van der Waals surface area contributed by atoms with Gasteiger partial charge in [-0.1, -0.05) is 36.4 Å². The first-order valence-corrected chi connectivity index (χ1v) is 10.2. The highest BCUT2D eigenvalue weighted by molar-refractivity contribution is 8.03. The first kappa shape index (κ1) is 21.5. The third-order valence-electron chi connectivity index (χ3n) is 4.77. The van der Waals surface area contributed by atoms with Crippen LogP contribution in [0, 0.1) is 20.8 Å². The molecule has 33 heavy (non-hydrogen) atoms. The molecule has 0 unspecified atom stereocenters. The van der Waals surface area contributed by atoms with Crippen LogP contribution in [-0.4, -0.2) is 25.8 Å². The Morgan fingerprint density at radius 3 is 2.67 bits per heavy atom. The van der Waals surface area contributed by atoms with E-state index in [1.165, 1.54) is 12.1 Å². The van der Waals surface area contributed by atoms with Gasteiger partial charge in [0.15, 0.2) is 0 Å². The number of thiocyanates is 1. The smallest absolute Gasteiger partial charge is 0.335 e. The Morgan fingerprint density at radius 2 is 1.91 bits per heavy atom. The maximum absolute atomic E-state index is 12.5. The number of aromatic hydroxyl groups is 1. The number of nitrogens with one attached hydrogen (secondary N) is 1. The van der Waals surface area contributed by atoms with Crippen LogP contribution >= 0.6 is 11.8 Å². The van der Waals surface area contributed by atoms with Gasteiger partial charge in [-0.25, -0.2) is 9.36 Å². The van der Waals surface area contributed by atoms with E-state index in [0.717, 1.165) is 22.2 Å². The highest BCUT2D eigenvalue weighted by Crippen LogP contribution is 2.32. The van der Waals surface area contributed by atoms with Crippen molar-refractivity contribution in [2.45, 2.75) is 4.90 Å². The molecular weight excluding hydrogens is 446 g/mol. The number of nitro groups is 1. The Kier molecular flexibility index (Phi) is 5.75. The number of aromatic nitrogens is 2. The SMILES string of the molecule is N#CSc1ccc(N=Cc2c(O)n(-c3cccc4ccccc34)c(=O)[nH]c2=O)cc1[N+](=O)[O-]. The van der Waals surface area contributed by atoms with Crippen LogP contribution in [0.4, 0.5) is 11.4 Å². The number of hydrogen-bond acceptors (Lipinski definition) is 8. The van der Waals surface area contributed by atoms with Crippen molar-refractivity contribution in [1.29, 1.82) is 5.26 Å². The van der Waals surface area contributed by atoms with Crippen molar-refractivity contribution in [2.75, 3.05) is 0 Å². The van der Waals surface area contributed by atoms with Crippen LogP contribution in [0.25, 0.3) is 16.5 Å². The molecular formula is C22H13N5O5S. The van der Waals surface area contributed by atoms with Gasteiger partial charge in [0.05, 0.1) is 16.3 Å². The summed E-state index contributed by atoms with van der Waals surface area (Å²) < 4.78 is 0.959. The van der Waals surface area contributed by atoms with Gasteiger partial charge < -0.3 is 5.11 Å². The average molecular weight is 459 g/mol. The molecule has 0 saturated carbocycles. The fourth-order valence-electron chi connectivity index (χ4n) is 3.29. The van der Waals surface area contributed by atoms with Gasteiger partial charge in [-0.2, -0.15) is 5.26 Å². The molecule has 3 aromatic carbocycles. The van der Waals surface area contributed by atoms with Crippen LogP contribution in [-0.2, 0) is 0 Å². The number of hydrogen-bond donors (Lipinski definition) is 2. The number of fused-ring (bicyclic) bond motifs is 1. The normalized spacial score (nSPS) is 11.0. The molecule has 11 heteroatoms. The molecule has 4 aromatic rings. The summed E-state index contributed by atoms with van der Waals surface area (Å²) in [5.41, 5.74) is -1.86. The van der Waals surface area contributed by atoms with Gasteiger partial charge in [0.1, 0.15) is 15.9 Å². The Labute approximate surface area is 189 Å². The molecule has 162 valence electrons. The molecule has 4 rings (SSSR count). The van der Waals surface area contributed by atoms with E-state index in [0.29, 0.717) is 22.8 Å². The number of rotatable bonds is 5. The highest BCUT2D eigenvalue weighted by Gasteiger charge is 2.17. The Bertz CT molecular complexity index is 1590. The molecule has 0 radical (unpaired) electrons. The second kappa shape index (κ2) is 8.81. The van der Waals surface area contributed by atoms with Crippen LogP contribution in [0.3, 0.4) is 0 Å². The number of aromatic amines is 1. The number of nitrogens with zero attached hydrogens (tertiary/aromatic N) is 4. The number of H-pyrrole nitrogens is 1. The van der Waals surface area contributed by atoms with Crippen molar-refractivity contribution < 1.29 is 10.0 Å². The lowest BCUT2D eigenvalue weighted by Gasteiger charge is -2.12. The van der Waals surface area contributed by atoms with Gasteiger partial charge in [-0.15, -0.1) is 0 Å². The van der Waals surface area contributed by atoms with E-state index in [-0.39, 0.29) is 21.8 Å². The zero-order valence-electron chi connectivity index (χ0n) is 16.6. The summed E-state index contributed by atoms with van der Waals surface area (Å²) in [6, 6.07) is 16.3. The van der Waals surface area contributed by atoms with Crippen molar-refractivity contribution >= 4 is 40.1 Å². The van der Waals surface area contributed by atoms with E-state index in [9.17, 15) is 24.8 Å². The molecule has 10 nitrogen and oxygen atoms in total. The molecule has 0 amide bonds. The Morgan fingerprint density at radius 1 is 1.15 bits per heavy atom. The van der Waals surface area contributed by atoms with Crippen molar-refractivity contribution in [3.8, 4) is 17.0 Å². The summed E-state index contributed by atoms with van der Waals surface area (Å²) in [7, 11) is 0. The van der Waals surface area contributed by atoms with E-state index in [1.54, 1.807) is 29.7 Å². The monoisotopic (exact) mass is 459 g/mol. The highest BCUT2D eigenvalue weighted by atomic mass is 32.2. The fourth-order valence-corrected chi connectivity index (χ4v) is 3.76. The molecule has 0 saturated heterocycles. The van der Waals surface area contributed by atoms with Crippen molar-refractivity contribution in [1.82, 2.24) is 9.55 Å². The molecule has 0 fully saturated rings. The Balaban J connectivity index is 1.84. The van der Waals surface area contributed by atoms with Gasteiger partial charge in [0.25, 0.3) is 11.2 Å². The molecule has 0 aliphatic rings. The lowest BCUT2D eigenvalue weighted by atomic mass is 10.1. The molecule has 1 heterocycles. The van der Waals surface area contributed by atoms with Crippen molar-refractivity contribution in [3.05, 3.63) is 97.2 Å². The van der Waals surface area contributed by atoms with Crippen LogP contribution in [0.5, 0.6) is 5.88 Å². The predicted octanol–water partition coefficient (Wildman–Crippen LogP) is 3.62. The second-order valence-electron chi connectivity index (χ2n) is 6.69. The lowest BCUT2D eigenvalue weighted by molar-refractivity contribution is -0.387. The first-order chi connectivity index (χ1) is 15.9. The van der Waals surface area contributed by atoms with E-state index < -0.39 is 22.1 Å². The van der Waals surface area contributed by atoms with Gasteiger partial charge in [-0.05, 0) is 35.3 Å². The van der Waals surface area contributed by atoms with E-state index >= 15 is 0 Å². The number of thioether (sulfide) groups is 1. The maximum atomic E-state index is 12.5. The number of nitriles is 1. The number of benzene rings is 3. The first-order valence-electron chi connectivity index (χ1n) is 9.35. The lowest BCUT2D eigenvalue weighted by Crippen LogP contribution is -2.31. The van der Waals surface area contributed by atoms with E-state index in [4.69, 9.17) is 5.26 Å². The van der Waals surface area contributed by atoms with Crippen molar-refractivity contribution in [3.63, 3.8) is 0 Å². The predicted molar refractivity (Wildman–Crippen MR) is 124 cm³/mol. The molecule has 0 bridgehead atoms. The quantitative estimate of drug-likeness (QED) is 0.152. The third kappa shape index (κ3) is 4.10. The summed E-state index contributed by atoms with van der Waals surface area (Å²) in [6.45, 7) is 0. The molecule has 0 aliphatic carbocycles. The van der Waals surface area contributed by atoms with Gasteiger partial charge in [0, 0.05) is 17.7 Å². The topological polar surface area (TPSA) is 154 Å². The van der Waals surface area contributed by atoms with Gasteiger partial charge >= 0.3 is 5.69 Å². The minimum atomic E-state index is -0.871. The second-order valence-corrected chi connectivity index (χ2v) is 7.52. The largest absolute Gasteiger partial charge is 0.493 e. The van der Waals surface area contributed by atoms with E-state index in [2.05, 4.69) is 9.98 Å². The molecule has 0 aliphatic heterocycles. The number of aliphatic imine (C=N–C) groups is 1. The van der Waals surface area contributed by atoms with Crippen LogP contribution in [0.1, 0.15) is 5.56 Å². The third-order valence-corrected chi connectivity index (χ3v) is 5.42. The minimum absolute atomic E-state index is 0.116. The molecule has 1 aromatic heterocycles. The molecule has 0 atom stereocenters. The summed E-state index contributed by atoms with van der Waals surface area (Å²) in [5, 5.41) is 34.1. The van der Waals surface area contributed by atoms with Gasteiger partial charge in [-0.3, -0.25) is 24.9 Å². The van der Waals surface area contributed by atoms with Crippen LogP contribution in [0.15, 0.2) is 80.1 Å². The summed E-state index contributed by atoms with van der Waals surface area (Å²) >= 11 is 0.639. The number of nitro benzene ring substituents is 1. The summed E-state index contributed by atoms with van der Waals surface area (Å²) in [6.07, 6.45) is 1.02. The average Bonchev–Trinajstić information content (AvgIpc) is 2.79. The van der Waals surface area contributed by atoms with Crippen LogP contribution < -0.4 is 11.2 Å². The molecule has 0 spiro atoms. The zero-order chi connectivity index (χ0) is 23.5. The van der Waals surface area contributed by atoms with E-state index in [1.807, 2.05) is 18.2 Å². The molecule has 2 N–H and O–H groups in total. The maximum Gasteiger partial charge on any atom is 0.335 e. The minimum Gasteiger partial charge on any atom is -0.493 e. The zero-order valence-corrected chi connectivity index (χ0v) is 17.4. The summed E-state index contributed by atoms with van der Waals surface area (Å²) in [4.78, 5) is 41.9. The Hall–Kier alpha value is -4.69.